The molecule has 3 amide bonds. The van der Waals surface area contributed by atoms with E-state index in [2.05, 4.69) is 10.6 Å². The van der Waals surface area contributed by atoms with Crippen molar-refractivity contribution >= 4 is 17.9 Å². The van der Waals surface area contributed by atoms with Gasteiger partial charge in [0.2, 0.25) is 5.91 Å². The smallest absolute Gasteiger partial charge is 0.326 e. The second-order valence-electron chi connectivity index (χ2n) is 5.64. The van der Waals surface area contributed by atoms with Gasteiger partial charge in [-0.1, -0.05) is 19.1 Å². The number of nitrogens with zero attached hydrogens (tertiary/aromatic N) is 1. The fraction of sp³-hybridized carbons (Fsp3) is 0.800. The Kier molecular flexibility index (Phi) is 11.5. The maximum absolute atomic E-state index is 12.6. The van der Waals surface area contributed by atoms with Crippen molar-refractivity contribution < 1.29 is 29.2 Å². The number of carboxylic acid groups (broad SMARTS) is 1. The minimum absolute atomic E-state index is 0.148. The van der Waals surface area contributed by atoms with E-state index in [0.29, 0.717) is 19.6 Å². The van der Waals surface area contributed by atoms with E-state index in [0.717, 1.165) is 5.23 Å². The molecule has 25 heavy (non-hydrogen) atoms. The van der Waals surface area contributed by atoms with Gasteiger partial charge in [0.25, 0.3) is 0 Å². The standard InChI is InChI=1S/C15H30N4O6/c1-5-24-19(25-6-2)12(10(3)4)13(20)18-11(14(21)22)8-7-9-17-15(16)23/h10-12H,5-9H2,1-4H3,(H,18,20)(H,21,22)(H3,16,17,23)/t11-,12-/m0/s1. The molecular weight excluding hydrogens is 332 g/mol. The Balaban J connectivity index is 4.89. The molecular formula is C15H30N4O6. The molecule has 0 aliphatic carbocycles. The van der Waals surface area contributed by atoms with Gasteiger partial charge in [-0.25, -0.2) is 9.59 Å². The number of hydrogen-bond donors (Lipinski definition) is 4. The molecule has 0 aliphatic heterocycles. The van der Waals surface area contributed by atoms with Gasteiger partial charge in [0.05, 0.1) is 13.2 Å². The number of carboxylic acids is 1. The molecule has 0 heterocycles. The molecule has 146 valence electrons. The second kappa shape index (κ2) is 12.5. The van der Waals surface area contributed by atoms with E-state index in [1.807, 2.05) is 13.8 Å². The molecule has 0 bridgehead atoms. The number of urea groups is 1. The summed E-state index contributed by atoms with van der Waals surface area (Å²) < 4.78 is 0. The van der Waals surface area contributed by atoms with Gasteiger partial charge in [0, 0.05) is 6.54 Å². The van der Waals surface area contributed by atoms with Gasteiger partial charge >= 0.3 is 12.0 Å². The van der Waals surface area contributed by atoms with Crippen LogP contribution in [0.4, 0.5) is 4.79 Å². The minimum Gasteiger partial charge on any atom is -0.480 e. The first-order valence-corrected chi connectivity index (χ1v) is 8.36. The summed E-state index contributed by atoms with van der Waals surface area (Å²) in [7, 11) is 0. The Morgan fingerprint density at radius 3 is 2.12 bits per heavy atom. The molecule has 0 rings (SSSR count). The third-order valence-electron chi connectivity index (χ3n) is 3.22. The van der Waals surface area contributed by atoms with Crippen molar-refractivity contribution in [3.8, 4) is 0 Å². The van der Waals surface area contributed by atoms with Crippen LogP contribution in [-0.2, 0) is 19.3 Å². The van der Waals surface area contributed by atoms with Gasteiger partial charge in [-0.2, -0.15) is 0 Å². The highest BCUT2D eigenvalue weighted by atomic mass is 16.9. The maximum Gasteiger partial charge on any atom is 0.326 e. The minimum atomic E-state index is -1.16. The van der Waals surface area contributed by atoms with Crippen LogP contribution in [0.1, 0.15) is 40.5 Å². The molecule has 5 N–H and O–H groups in total. The van der Waals surface area contributed by atoms with Crippen LogP contribution >= 0.6 is 0 Å². The zero-order valence-electron chi connectivity index (χ0n) is 15.3. The Morgan fingerprint density at radius 2 is 1.72 bits per heavy atom. The predicted molar refractivity (Wildman–Crippen MR) is 90.1 cm³/mol. The van der Waals surface area contributed by atoms with Crippen molar-refractivity contribution in [2.75, 3.05) is 19.8 Å². The van der Waals surface area contributed by atoms with Crippen molar-refractivity contribution in [1.82, 2.24) is 15.9 Å². The molecule has 0 unspecified atom stereocenters. The Labute approximate surface area is 147 Å². The Bertz CT molecular complexity index is 426. The van der Waals surface area contributed by atoms with Crippen LogP contribution in [0.25, 0.3) is 0 Å². The Morgan fingerprint density at radius 1 is 1.16 bits per heavy atom. The van der Waals surface area contributed by atoms with Crippen molar-refractivity contribution in [3.05, 3.63) is 0 Å². The summed E-state index contributed by atoms with van der Waals surface area (Å²) in [5.74, 6) is -1.84. The number of hydrogen-bond acceptors (Lipinski definition) is 6. The summed E-state index contributed by atoms with van der Waals surface area (Å²) in [5.41, 5.74) is 4.94. The summed E-state index contributed by atoms with van der Waals surface area (Å²) in [6.07, 6.45) is 0.503. The van der Waals surface area contributed by atoms with Crippen LogP contribution in [0.15, 0.2) is 0 Å². The summed E-state index contributed by atoms with van der Waals surface area (Å²) in [5, 5.41) is 15.3. The zero-order chi connectivity index (χ0) is 19.4. The predicted octanol–water partition coefficient (Wildman–Crippen LogP) is 0.234. The SMILES string of the molecule is CCON(OCC)[C@H](C(=O)N[C@@H](CCCNC(N)=O)C(=O)O)C(C)C. The molecule has 0 fully saturated rings. The van der Waals surface area contributed by atoms with E-state index < -0.39 is 30.0 Å². The van der Waals surface area contributed by atoms with E-state index in [-0.39, 0.29) is 18.9 Å². The number of nitrogens with two attached hydrogens (primary N) is 1. The van der Waals surface area contributed by atoms with Crippen LogP contribution in [-0.4, -0.2) is 60.1 Å². The molecule has 10 nitrogen and oxygen atoms in total. The maximum atomic E-state index is 12.6. The van der Waals surface area contributed by atoms with Crippen molar-refractivity contribution in [3.63, 3.8) is 0 Å². The van der Waals surface area contributed by atoms with Crippen molar-refractivity contribution in [2.45, 2.75) is 52.6 Å². The largest absolute Gasteiger partial charge is 0.480 e. The van der Waals surface area contributed by atoms with Crippen LogP contribution in [0.5, 0.6) is 0 Å². The van der Waals surface area contributed by atoms with Crippen LogP contribution in [0, 0.1) is 5.92 Å². The number of rotatable bonds is 13. The highest BCUT2D eigenvalue weighted by Gasteiger charge is 2.33. The van der Waals surface area contributed by atoms with E-state index >= 15 is 0 Å². The van der Waals surface area contributed by atoms with Gasteiger partial charge in [-0.05, 0) is 32.6 Å². The average molecular weight is 362 g/mol. The molecule has 0 aromatic rings. The molecule has 10 heteroatoms. The third kappa shape index (κ3) is 9.22. The van der Waals surface area contributed by atoms with Crippen molar-refractivity contribution in [1.29, 1.82) is 0 Å². The van der Waals surface area contributed by atoms with Gasteiger partial charge in [-0.3, -0.25) is 14.5 Å². The fourth-order valence-corrected chi connectivity index (χ4v) is 2.13. The highest BCUT2D eigenvalue weighted by Crippen LogP contribution is 2.13. The van der Waals surface area contributed by atoms with Crippen molar-refractivity contribution in [2.24, 2.45) is 11.7 Å². The first-order valence-electron chi connectivity index (χ1n) is 8.36. The van der Waals surface area contributed by atoms with E-state index in [4.69, 9.17) is 15.4 Å². The monoisotopic (exact) mass is 362 g/mol. The molecule has 0 radical (unpaired) electrons. The second-order valence-corrected chi connectivity index (χ2v) is 5.64. The van der Waals surface area contributed by atoms with E-state index in [1.54, 1.807) is 13.8 Å². The highest BCUT2D eigenvalue weighted by molar-refractivity contribution is 5.86. The molecule has 0 aromatic carbocycles. The lowest BCUT2D eigenvalue weighted by Gasteiger charge is -2.31. The van der Waals surface area contributed by atoms with Crippen LogP contribution in [0.3, 0.4) is 0 Å². The Hall–Kier alpha value is -1.91. The number of carbonyl (C=O) groups is 3. The summed E-state index contributed by atoms with van der Waals surface area (Å²) >= 11 is 0. The van der Waals surface area contributed by atoms with E-state index in [9.17, 15) is 19.5 Å². The lowest BCUT2D eigenvalue weighted by Crippen LogP contribution is -2.53. The molecule has 0 saturated carbocycles. The van der Waals surface area contributed by atoms with Crippen LogP contribution < -0.4 is 16.4 Å². The number of amides is 3. The first-order chi connectivity index (χ1) is 11.7. The lowest BCUT2D eigenvalue weighted by atomic mass is 10.0. The van der Waals surface area contributed by atoms with Gasteiger partial charge < -0.3 is 21.5 Å². The first kappa shape index (κ1) is 23.1. The summed E-state index contributed by atoms with van der Waals surface area (Å²) in [4.78, 5) is 45.2. The molecule has 2 atom stereocenters. The summed E-state index contributed by atoms with van der Waals surface area (Å²) in [6.45, 7) is 7.96. The average Bonchev–Trinajstić information content (AvgIpc) is 2.50. The van der Waals surface area contributed by atoms with E-state index in [1.165, 1.54) is 0 Å². The topological polar surface area (TPSA) is 143 Å². The van der Waals surface area contributed by atoms with Gasteiger partial charge in [0.15, 0.2) is 0 Å². The normalized spacial score (nSPS) is 13.5. The number of nitrogens with one attached hydrogen (secondary N) is 2. The van der Waals surface area contributed by atoms with Crippen LogP contribution in [0.2, 0.25) is 0 Å². The number of carbonyl (C=O) groups excluding carboxylic acids is 2. The zero-order valence-corrected chi connectivity index (χ0v) is 15.3. The summed E-state index contributed by atoms with van der Waals surface area (Å²) in [6, 6.07) is -2.57. The molecule has 0 aliphatic rings. The van der Waals surface area contributed by atoms with Gasteiger partial charge in [0.1, 0.15) is 12.1 Å². The molecule has 0 spiro atoms. The van der Waals surface area contributed by atoms with Gasteiger partial charge in [-0.15, -0.1) is 0 Å². The third-order valence-corrected chi connectivity index (χ3v) is 3.22. The fourth-order valence-electron chi connectivity index (χ4n) is 2.13. The lowest BCUT2D eigenvalue weighted by molar-refractivity contribution is -0.383. The molecule has 0 saturated heterocycles. The number of hydroxylamine groups is 2. The number of primary amides is 1. The quantitative estimate of drug-likeness (QED) is 0.271. The molecule has 0 aromatic heterocycles. The number of aliphatic carboxylic acids is 1.